The third-order valence-corrected chi connectivity index (χ3v) is 11.5. The summed E-state index contributed by atoms with van der Waals surface area (Å²) >= 11 is 0. The molecule has 3 aromatic rings. The van der Waals surface area contributed by atoms with E-state index >= 15 is 0 Å². The number of carbonyl (C=O) groups is 9. The molecule has 0 spiro atoms. The second-order valence-electron chi connectivity index (χ2n) is 18.4. The van der Waals surface area contributed by atoms with Gasteiger partial charge in [-0.15, -0.1) is 0 Å². The van der Waals surface area contributed by atoms with Crippen molar-refractivity contribution in [3.8, 4) is 5.75 Å². The minimum atomic E-state index is -5.08. The quantitative estimate of drug-likeness (QED) is 0.0544. The van der Waals surface area contributed by atoms with Crippen LogP contribution in [0, 0.1) is 11.8 Å². The van der Waals surface area contributed by atoms with Gasteiger partial charge < -0.3 is 52.7 Å². The van der Waals surface area contributed by atoms with E-state index in [0.717, 1.165) is 0 Å². The van der Waals surface area contributed by atoms with Crippen LogP contribution in [0.25, 0.3) is 0 Å². The van der Waals surface area contributed by atoms with E-state index < -0.39 is 78.4 Å². The van der Waals surface area contributed by atoms with Crippen molar-refractivity contribution in [1.29, 1.82) is 0 Å². The van der Waals surface area contributed by atoms with Gasteiger partial charge in [-0.1, -0.05) is 76.2 Å². The number of halogens is 3. The fraction of sp³-hybridized carbons (Fsp3) is 0.460. The second-order valence-corrected chi connectivity index (χ2v) is 18.4. The van der Waals surface area contributed by atoms with Crippen LogP contribution < -0.4 is 37.6 Å². The predicted octanol–water partition coefficient (Wildman–Crippen LogP) is 2.96. The lowest BCUT2D eigenvalue weighted by Crippen LogP contribution is -2.57. The highest BCUT2D eigenvalue weighted by atomic mass is 19.4. The van der Waals surface area contributed by atoms with E-state index in [9.17, 15) is 56.6 Å². The number of aromatic hydroxyl groups is 1. The monoisotopic (exact) mass is 1010 g/mol. The lowest BCUT2D eigenvalue weighted by Gasteiger charge is -2.29. The molecule has 2 aliphatic rings. The van der Waals surface area contributed by atoms with Crippen LogP contribution >= 0.6 is 0 Å². The molecule has 5 rings (SSSR count). The van der Waals surface area contributed by atoms with Crippen molar-refractivity contribution in [1.82, 2.24) is 31.5 Å². The van der Waals surface area contributed by atoms with E-state index in [1.54, 1.807) is 54.6 Å². The van der Waals surface area contributed by atoms with Crippen LogP contribution in [0.1, 0.15) is 104 Å². The summed E-state index contributed by atoms with van der Waals surface area (Å²) in [5.41, 5.74) is 8.32. The molecule has 22 heteroatoms. The SMILES string of the molecule is CC(C)C[C@H](NC(=O)[C@H](Cc1ccc(O)cc1)NC(=O)[C@H](C)N)C(=O)NCC(=O)N[C@@H](CC(C)C)C(=O)N1CCC[C@H]1C(=O)NCCCNc1cccc2c1C(=O)c1ccccc1C2=O.O=C(O)C(F)(F)F. The number of anilines is 1. The number of phenols is 1. The molecular formula is C50H63F3N8O11. The van der Waals surface area contributed by atoms with Crippen LogP contribution in [0.3, 0.4) is 0 Å². The Hall–Kier alpha value is -7.36. The average Bonchev–Trinajstić information content (AvgIpc) is 3.82. The van der Waals surface area contributed by atoms with Gasteiger partial charge in [0.2, 0.25) is 35.4 Å². The molecule has 1 aliphatic heterocycles. The Morgan fingerprint density at radius 3 is 1.90 bits per heavy atom. The van der Waals surface area contributed by atoms with E-state index in [1.165, 1.54) is 24.0 Å². The molecule has 0 unspecified atom stereocenters. The van der Waals surface area contributed by atoms with Crippen LogP contribution in [-0.4, -0.2) is 131 Å². The molecule has 10 N–H and O–H groups in total. The maximum atomic E-state index is 14.0. The van der Waals surface area contributed by atoms with Crippen molar-refractivity contribution in [3.05, 3.63) is 94.5 Å². The van der Waals surface area contributed by atoms with Crippen molar-refractivity contribution >= 4 is 58.7 Å². The van der Waals surface area contributed by atoms with E-state index in [1.807, 2.05) is 27.7 Å². The zero-order valence-corrected chi connectivity index (χ0v) is 40.7. The van der Waals surface area contributed by atoms with Crippen LogP contribution in [0.2, 0.25) is 0 Å². The van der Waals surface area contributed by atoms with Gasteiger partial charge in [0, 0.05) is 48.4 Å². The smallest absolute Gasteiger partial charge is 0.490 e. The average molecular weight is 1010 g/mol. The zero-order chi connectivity index (χ0) is 53.4. The minimum Gasteiger partial charge on any atom is -0.508 e. The number of ketones is 2. The first-order valence-corrected chi connectivity index (χ1v) is 23.5. The Morgan fingerprint density at radius 2 is 1.31 bits per heavy atom. The number of likely N-dealkylation sites (tertiary alicyclic amines) is 1. The summed E-state index contributed by atoms with van der Waals surface area (Å²) in [4.78, 5) is 117. The summed E-state index contributed by atoms with van der Waals surface area (Å²) < 4.78 is 31.7. The molecule has 1 saturated heterocycles. The first-order valence-electron chi connectivity index (χ1n) is 23.5. The lowest BCUT2D eigenvalue weighted by molar-refractivity contribution is -0.192. The maximum Gasteiger partial charge on any atom is 0.490 e. The molecule has 0 radical (unpaired) electrons. The molecule has 3 aromatic carbocycles. The van der Waals surface area contributed by atoms with Crippen molar-refractivity contribution in [2.45, 2.75) is 110 Å². The Bertz CT molecular complexity index is 2460. The molecule has 0 saturated carbocycles. The predicted molar refractivity (Wildman–Crippen MR) is 257 cm³/mol. The molecule has 1 aliphatic carbocycles. The number of rotatable bonds is 21. The van der Waals surface area contributed by atoms with E-state index in [0.29, 0.717) is 65.9 Å². The van der Waals surface area contributed by atoms with E-state index in [4.69, 9.17) is 15.6 Å². The topological polar surface area (TPSA) is 296 Å². The van der Waals surface area contributed by atoms with Gasteiger partial charge in [0.05, 0.1) is 18.2 Å². The number of amides is 6. The molecule has 1 fully saturated rings. The number of alkyl halides is 3. The third-order valence-electron chi connectivity index (χ3n) is 11.5. The molecule has 0 bridgehead atoms. The van der Waals surface area contributed by atoms with Crippen molar-refractivity contribution in [3.63, 3.8) is 0 Å². The van der Waals surface area contributed by atoms with E-state index in [2.05, 4.69) is 31.9 Å². The van der Waals surface area contributed by atoms with Gasteiger partial charge in [-0.05, 0) is 74.6 Å². The van der Waals surface area contributed by atoms with Crippen LogP contribution in [0.5, 0.6) is 5.75 Å². The van der Waals surface area contributed by atoms with Crippen LogP contribution in [0.15, 0.2) is 66.7 Å². The highest BCUT2D eigenvalue weighted by molar-refractivity contribution is 6.30. The Kier molecular flexibility index (Phi) is 20.8. The number of hydrogen-bond donors (Lipinski definition) is 9. The number of aliphatic carboxylic acids is 1. The number of hydrogen-bond acceptors (Lipinski definition) is 12. The molecule has 19 nitrogen and oxygen atoms in total. The maximum absolute atomic E-state index is 14.0. The van der Waals surface area contributed by atoms with E-state index in [-0.39, 0.29) is 60.9 Å². The first-order chi connectivity index (χ1) is 33.9. The number of nitrogens with one attached hydrogen (secondary N) is 6. The van der Waals surface area contributed by atoms with Crippen LogP contribution in [0.4, 0.5) is 18.9 Å². The number of nitrogens with zero attached hydrogens (tertiary/aromatic N) is 1. The fourth-order valence-electron chi connectivity index (χ4n) is 8.02. The van der Waals surface area contributed by atoms with Gasteiger partial charge in [0.1, 0.15) is 29.9 Å². The number of benzene rings is 3. The normalized spacial score (nSPS) is 15.7. The minimum absolute atomic E-state index is 0.0116. The second kappa shape index (κ2) is 26.2. The summed E-state index contributed by atoms with van der Waals surface area (Å²) in [6, 6.07) is 13.2. The number of carboxylic acids is 1. The molecule has 6 amide bonds. The third kappa shape index (κ3) is 16.4. The van der Waals surface area contributed by atoms with Gasteiger partial charge in [0.25, 0.3) is 0 Å². The number of carbonyl (C=O) groups excluding carboxylic acids is 8. The fourth-order valence-corrected chi connectivity index (χ4v) is 8.02. The van der Waals surface area contributed by atoms with Crippen molar-refractivity contribution in [2.24, 2.45) is 17.6 Å². The molecule has 0 aromatic heterocycles. The largest absolute Gasteiger partial charge is 0.508 e. The molecule has 72 heavy (non-hydrogen) atoms. The number of fused-ring (bicyclic) bond motifs is 2. The number of nitrogens with two attached hydrogens (primary N) is 1. The van der Waals surface area contributed by atoms with Crippen molar-refractivity contribution < 1.29 is 66.5 Å². The Labute approximate surface area is 414 Å². The number of phenolic OH excluding ortho intramolecular Hbond substituents is 1. The van der Waals surface area contributed by atoms with Gasteiger partial charge in [-0.3, -0.25) is 38.4 Å². The summed E-state index contributed by atoms with van der Waals surface area (Å²) in [6.07, 6.45) is -3.03. The van der Waals surface area contributed by atoms with Gasteiger partial charge in [0.15, 0.2) is 11.6 Å². The van der Waals surface area contributed by atoms with Gasteiger partial charge in [-0.2, -0.15) is 13.2 Å². The van der Waals surface area contributed by atoms with Crippen LogP contribution in [-0.2, 0) is 40.0 Å². The summed E-state index contributed by atoms with van der Waals surface area (Å²) in [7, 11) is 0. The Balaban J connectivity index is 0.00000149. The lowest BCUT2D eigenvalue weighted by atomic mass is 9.83. The Morgan fingerprint density at radius 1 is 0.722 bits per heavy atom. The highest BCUT2D eigenvalue weighted by Crippen LogP contribution is 2.32. The summed E-state index contributed by atoms with van der Waals surface area (Å²) in [6.45, 7) is 9.50. The molecular weight excluding hydrogens is 946 g/mol. The highest BCUT2D eigenvalue weighted by Gasteiger charge is 2.39. The first kappa shape index (κ1) is 57.2. The summed E-state index contributed by atoms with van der Waals surface area (Å²) in [5, 5.41) is 33.7. The molecule has 5 atom stereocenters. The van der Waals surface area contributed by atoms with Gasteiger partial charge in [-0.25, -0.2) is 4.79 Å². The van der Waals surface area contributed by atoms with Crippen molar-refractivity contribution in [2.75, 3.05) is 31.5 Å². The summed E-state index contributed by atoms with van der Waals surface area (Å²) in [5.74, 6) is -6.46. The molecule has 390 valence electrons. The molecule has 1 heterocycles. The number of carboxylic acid groups (broad SMARTS) is 1. The zero-order valence-electron chi connectivity index (χ0n) is 40.7. The standard InChI is InChI=1S/C48H62N8O9.C2HF3O2/c1-27(2)23-36(55-46(63)37(54-44(61)29(5)49)25-30-16-18-31(57)19-17-30)45(62)52-26-40(58)53-38(24-28(3)4)48(65)56-22-9-15-39(56)47(64)51-21-10-20-50-35-14-8-13-34-41(35)43(60)33-12-7-6-11-32(33)42(34)59;3-2(4,5)1(6)7/h6-8,11-14,16-19,27-29,36-39,50,57H,9-10,15,20-26,49H2,1-5H3,(H,51,64)(H,52,62)(H,53,58)(H,54,61)(H,55,63);(H,6,7)/t29-,36-,37-,38-,39-;/m0./s1. The van der Waals surface area contributed by atoms with Gasteiger partial charge >= 0.3 is 12.1 Å².